The Kier molecular flexibility index (Phi) is 3.99. The van der Waals surface area contributed by atoms with Gasteiger partial charge in [-0.05, 0) is 22.9 Å². The number of nitrogens with zero attached hydrogens (tertiary/aromatic N) is 3. The van der Waals surface area contributed by atoms with Crippen LogP contribution >= 0.6 is 0 Å². The Bertz CT molecular complexity index is 800. The summed E-state index contributed by atoms with van der Waals surface area (Å²) >= 11 is 0. The van der Waals surface area contributed by atoms with Gasteiger partial charge < -0.3 is 0 Å². The highest BCUT2D eigenvalue weighted by atomic mass is 32.2. The molecule has 2 rings (SSSR count). The SMILES string of the molecule is N#CCN(CC#N)S(=O)(=O)c1ccc2ccccc2c1. The summed E-state index contributed by atoms with van der Waals surface area (Å²) in [7, 11) is -3.83. The molecule has 2 aromatic carbocycles. The van der Waals surface area contributed by atoms with E-state index < -0.39 is 10.0 Å². The Morgan fingerprint density at radius 2 is 1.55 bits per heavy atom. The van der Waals surface area contributed by atoms with Crippen LogP contribution in [-0.2, 0) is 10.0 Å². The molecule has 6 heteroatoms. The van der Waals surface area contributed by atoms with Crippen LogP contribution in [0.5, 0.6) is 0 Å². The van der Waals surface area contributed by atoms with Crippen LogP contribution < -0.4 is 0 Å². The highest BCUT2D eigenvalue weighted by molar-refractivity contribution is 7.89. The zero-order valence-corrected chi connectivity index (χ0v) is 11.3. The minimum Gasteiger partial charge on any atom is -0.207 e. The summed E-state index contributed by atoms with van der Waals surface area (Å²) in [5.41, 5.74) is 0. The molecular weight excluding hydrogens is 274 g/mol. The second-order valence-corrected chi connectivity index (χ2v) is 6.04. The number of fused-ring (bicyclic) bond motifs is 1. The van der Waals surface area contributed by atoms with Gasteiger partial charge in [0.15, 0.2) is 0 Å². The molecule has 0 saturated heterocycles. The molecule has 0 radical (unpaired) electrons. The maximum atomic E-state index is 12.4. The molecule has 0 aromatic heterocycles. The van der Waals surface area contributed by atoms with E-state index in [1.54, 1.807) is 24.3 Å². The van der Waals surface area contributed by atoms with Crippen molar-refractivity contribution in [3.63, 3.8) is 0 Å². The van der Waals surface area contributed by atoms with E-state index >= 15 is 0 Å². The second-order valence-electron chi connectivity index (χ2n) is 4.10. The molecule has 5 nitrogen and oxygen atoms in total. The lowest BCUT2D eigenvalue weighted by Gasteiger charge is -2.16. The summed E-state index contributed by atoms with van der Waals surface area (Å²) in [5, 5.41) is 19.1. The number of sulfonamides is 1. The third-order valence-electron chi connectivity index (χ3n) is 2.85. The molecule has 20 heavy (non-hydrogen) atoms. The van der Waals surface area contributed by atoms with Crippen molar-refractivity contribution in [1.82, 2.24) is 4.31 Å². The van der Waals surface area contributed by atoms with Crippen LogP contribution in [0.15, 0.2) is 47.4 Å². The van der Waals surface area contributed by atoms with E-state index in [0.29, 0.717) is 0 Å². The first-order chi connectivity index (χ1) is 9.59. The number of hydrogen-bond acceptors (Lipinski definition) is 4. The fourth-order valence-electron chi connectivity index (χ4n) is 1.86. The van der Waals surface area contributed by atoms with Gasteiger partial charge in [0.1, 0.15) is 13.1 Å². The second kappa shape index (κ2) is 5.70. The lowest BCUT2D eigenvalue weighted by Crippen LogP contribution is -2.31. The van der Waals surface area contributed by atoms with Crippen LogP contribution in [0.4, 0.5) is 0 Å². The summed E-state index contributed by atoms with van der Waals surface area (Å²) in [6, 6.07) is 15.6. The van der Waals surface area contributed by atoms with Crippen molar-refractivity contribution in [2.24, 2.45) is 0 Å². The predicted octanol–water partition coefficient (Wildman–Crippen LogP) is 1.88. The van der Waals surface area contributed by atoms with E-state index in [2.05, 4.69) is 0 Å². The van der Waals surface area contributed by atoms with Gasteiger partial charge >= 0.3 is 0 Å². The molecule has 0 amide bonds. The zero-order valence-electron chi connectivity index (χ0n) is 10.5. The Labute approximate surface area is 117 Å². The van der Waals surface area contributed by atoms with Crippen molar-refractivity contribution < 1.29 is 8.42 Å². The monoisotopic (exact) mass is 285 g/mol. The Hall–Kier alpha value is -2.41. The van der Waals surface area contributed by atoms with Gasteiger partial charge in [0.25, 0.3) is 0 Å². The maximum Gasteiger partial charge on any atom is 0.244 e. The van der Waals surface area contributed by atoms with E-state index in [0.717, 1.165) is 15.1 Å². The van der Waals surface area contributed by atoms with Gasteiger partial charge in [-0.1, -0.05) is 30.3 Å². The first kappa shape index (κ1) is 14.0. The number of benzene rings is 2. The minimum absolute atomic E-state index is 0.0849. The standard InChI is InChI=1S/C14H11N3O2S/c15-7-9-17(10-8-16)20(18,19)14-6-5-12-3-1-2-4-13(12)11-14/h1-6,11H,9-10H2. The van der Waals surface area contributed by atoms with Crippen molar-refractivity contribution >= 4 is 20.8 Å². The largest absolute Gasteiger partial charge is 0.244 e. The molecule has 0 fully saturated rings. The average Bonchev–Trinajstić information content (AvgIpc) is 2.46. The molecule has 0 N–H and O–H groups in total. The van der Waals surface area contributed by atoms with Crippen LogP contribution in [0, 0.1) is 22.7 Å². The molecule has 0 saturated carbocycles. The highest BCUT2D eigenvalue weighted by Crippen LogP contribution is 2.21. The third-order valence-corrected chi connectivity index (χ3v) is 4.64. The van der Waals surface area contributed by atoms with Crippen molar-refractivity contribution in [1.29, 1.82) is 10.5 Å². The molecule has 0 spiro atoms. The van der Waals surface area contributed by atoms with Crippen molar-refractivity contribution in [2.45, 2.75) is 4.90 Å². The fraction of sp³-hybridized carbons (Fsp3) is 0.143. The van der Waals surface area contributed by atoms with Crippen molar-refractivity contribution in [2.75, 3.05) is 13.1 Å². The molecule has 100 valence electrons. The van der Waals surface area contributed by atoms with E-state index in [1.807, 2.05) is 24.3 Å². The molecule has 0 aliphatic carbocycles. The molecule has 0 aliphatic rings. The number of rotatable bonds is 4. The third kappa shape index (κ3) is 2.62. The molecule has 2 aromatic rings. The van der Waals surface area contributed by atoms with Gasteiger partial charge in [0, 0.05) is 0 Å². The summed E-state index contributed by atoms with van der Waals surface area (Å²) in [5.74, 6) is 0. The first-order valence-corrected chi connectivity index (χ1v) is 7.26. The molecule has 0 atom stereocenters. The van der Waals surface area contributed by atoms with Crippen LogP contribution in [0.3, 0.4) is 0 Å². The Balaban J connectivity index is 2.51. The van der Waals surface area contributed by atoms with E-state index in [9.17, 15) is 8.42 Å². The lowest BCUT2D eigenvalue weighted by molar-refractivity contribution is 0.479. The van der Waals surface area contributed by atoms with Gasteiger partial charge in [-0.25, -0.2) is 8.42 Å². The summed E-state index contributed by atoms with van der Waals surface area (Å²) in [6.45, 7) is -0.689. The fourth-order valence-corrected chi connectivity index (χ4v) is 3.13. The smallest absolute Gasteiger partial charge is 0.207 e. The van der Waals surface area contributed by atoms with Gasteiger partial charge in [0.2, 0.25) is 10.0 Å². The predicted molar refractivity (Wildman–Crippen MR) is 73.9 cm³/mol. The van der Waals surface area contributed by atoms with Crippen molar-refractivity contribution in [3.05, 3.63) is 42.5 Å². The van der Waals surface area contributed by atoms with Gasteiger partial charge in [0.05, 0.1) is 17.0 Å². The number of nitriles is 2. The summed E-state index contributed by atoms with van der Waals surface area (Å²) in [6.07, 6.45) is 0. The van der Waals surface area contributed by atoms with Crippen molar-refractivity contribution in [3.8, 4) is 12.1 Å². The maximum absolute atomic E-state index is 12.4. The van der Waals surface area contributed by atoms with Crippen LogP contribution in [-0.4, -0.2) is 25.8 Å². The molecule has 0 bridgehead atoms. The average molecular weight is 285 g/mol. The van der Waals surface area contributed by atoms with E-state index in [1.165, 1.54) is 6.07 Å². The highest BCUT2D eigenvalue weighted by Gasteiger charge is 2.24. The molecule has 0 heterocycles. The van der Waals surface area contributed by atoms with Gasteiger partial charge in [-0.2, -0.15) is 14.8 Å². The molecular formula is C14H11N3O2S. The zero-order chi connectivity index (χ0) is 14.6. The normalized spacial score (nSPS) is 11.2. The van der Waals surface area contributed by atoms with E-state index in [-0.39, 0.29) is 18.0 Å². The topological polar surface area (TPSA) is 85.0 Å². The van der Waals surface area contributed by atoms with Crippen LogP contribution in [0.2, 0.25) is 0 Å². The van der Waals surface area contributed by atoms with Gasteiger partial charge in [-0.15, -0.1) is 0 Å². The number of hydrogen-bond donors (Lipinski definition) is 0. The summed E-state index contributed by atoms with van der Waals surface area (Å²) < 4.78 is 25.6. The van der Waals surface area contributed by atoms with E-state index in [4.69, 9.17) is 10.5 Å². The lowest BCUT2D eigenvalue weighted by atomic mass is 10.1. The van der Waals surface area contributed by atoms with Gasteiger partial charge in [-0.3, -0.25) is 0 Å². The minimum atomic E-state index is -3.83. The summed E-state index contributed by atoms with van der Waals surface area (Å²) in [4.78, 5) is 0.0849. The quantitative estimate of drug-likeness (QED) is 0.803. The Morgan fingerprint density at radius 1 is 0.950 bits per heavy atom. The van der Waals surface area contributed by atoms with Crippen LogP contribution in [0.1, 0.15) is 0 Å². The van der Waals surface area contributed by atoms with Crippen LogP contribution in [0.25, 0.3) is 10.8 Å². The molecule has 0 aliphatic heterocycles. The first-order valence-electron chi connectivity index (χ1n) is 5.82. The Morgan fingerprint density at radius 3 is 2.15 bits per heavy atom. The molecule has 0 unspecified atom stereocenters.